The van der Waals surface area contributed by atoms with Crippen molar-refractivity contribution in [1.29, 1.82) is 0 Å². The molecule has 2 N–H and O–H groups in total. The molecule has 6 heteroatoms. The van der Waals surface area contributed by atoms with E-state index < -0.39 is 0 Å². The number of rotatable bonds is 5. The zero-order valence-corrected chi connectivity index (χ0v) is 11.6. The standard InChI is InChI=1S/C14H14ClN5/c15-14-18-12(11-9-17-20-13(11)19-14)16-8-4-7-10-5-2-1-3-6-10/h1-3,5-6,9H,4,7-8H2,(H2,16,17,18,19,20). The lowest BCUT2D eigenvalue weighted by molar-refractivity contribution is 0.859. The zero-order valence-electron chi connectivity index (χ0n) is 10.8. The molecule has 0 aliphatic rings. The van der Waals surface area contributed by atoms with E-state index in [1.54, 1.807) is 6.20 Å². The van der Waals surface area contributed by atoms with E-state index in [2.05, 4.69) is 49.7 Å². The molecule has 0 fully saturated rings. The van der Waals surface area contributed by atoms with Gasteiger partial charge in [-0.1, -0.05) is 30.3 Å². The summed E-state index contributed by atoms with van der Waals surface area (Å²) in [6.07, 6.45) is 3.75. The van der Waals surface area contributed by atoms with Crippen LogP contribution < -0.4 is 5.32 Å². The van der Waals surface area contributed by atoms with Gasteiger partial charge in [-0.3, -0.25) is 5.10 Å². The predicted molar refractivity (Wildman–Crippen MR) is 79.9 cm³/mol. The highest BCUT2D eigenvalue weighted by Crippen LogP contribution is 2.19. The number of nitrogens with one attached hydrogen (secondary N) is 2. The topological polar surface area (TPSA) is 66.5 Å². The average Bonchev–Trinajstić information content (AvgIpc) is 2.92. The van der Waals surface area contributed by atoms with Crippen molar-refractivity contribution >= 4 is 28.5 Å². The van der Waals surface area contributed by atoms with Gasteiger partial charge in [0.15, 0.2) is 5.65 Å². The molecule has 0 spiro atoms. The van der Waals surface area contributed by atoms with Gasteiger partial charge in [-0.05, 0) is 30.0 Å². The molecule has 0 atom stereocenters. The molecule has 102 valence electrons. The van der Waals surface area contributed by atoms with E-state index in [1.165, 1.54) is 5.56 Å². The first-order chi connectivity index (χ1) is 9.83. The quantitative estimate of drug-likeness (QED) is 0.559. The number of fused-ring (bicyclic) bond motifs is 1. The Morgan fingerprint density at radius 1 is 1.15 bits per heavy atom. The fourth-order valence-corrected chi connectivity index (χ4v) is 2.26. The van der Waals surface area contributed by atoms with Crippen LogP contribution in [0.3, 0.4) is 0 Å². The highest BCUT2D eigenvalue weighted by molar-refractivity contribution is 6.28. The van der Waals surface area contributed by atoms with Crippen molar-refractivity contribution in [2.24, 2.45) is 0 Å². The van der Waals surface area contributed by atoms with E-state index in [1.807, 2.05) is 6.07 Å². The van der Waals surface area contributed by atoms with Gasteiger partial charge in [0.2, 0.25) is 5.28 Å². The second-order valence-electron chi connectivity index (χ2n) is 4.49. The van der Waals surface area contributed by atoms with Crippen LogP contribution in [0, 0.1) is 0 Å². The molecule has 0 saturated heterocycles. The van der Waals surface area contributed by atoms with E-state index >= 15 is 0 Å². The van der Waals surface area contributed by atoms with Crippen LogP contribution in [-0.2, 0) is 6.42 Å². The fraction of sp³-hybridized carbons (Fsp3) is 0.214. The molecule has 20 heavy (non-hydrogen) atoms. The molecule has 3 aromatic rings. The summed E-state index contributed by atoms with van der Waals surface area (Å²) in [7, 11) is 0. The van der Waals surface area contributed by atoms with Gasteiger partial charge in [0, 0.05) is 6.54 Å². The fourth-order valence-electron chi connectivity index (χ4n) is 2.09. The highest BCUT2D eigenvalue weighted by atomic mass is 35.5. The molecule has 0 unspecified atom stereocenters. The van der Waals surface area contributed by atoms with Crippen LogP contribution >= 0.6 is 11.6 Å². The molecule has 0 aliphatic carbocycles. The van der Waals surface area contributed by atoms with Crippen LogP contribution in [0.15, 0.2) is 36.5 Å². The average molecular weight is 288 g/mol. The Kier molecular flexibility index (Phi) is 3.78. The molecular weight excluding hydrogens is 274 g/mol. The number of aromatic amines is 1. The number of benzene rings is 1. The number of aryl methyl sites for hydroxylation is 1. The van der Waals surface area contributed by atoms with Crippen LogP contribution in [0.4, 0.5) is 5.82 Å². The largest absolute Gasteiger partial charge is 0.369 e. The third-order valence-electron chi connectivity index (χ3n) is 3.06. The lowest BCUT2D eigenvalue weighted by atomic mass is 10.1. The Hall–Kier alpha value is -2.14. The predicted octanol–water partition coefficient (Wildman–Crippen LogP) is 3.05. The third kappa shape index (κ3) is 2.88. The SMILES string of the molecule is Clc1nc(NCCCc2ccccc2)c2cn[nH]c2n1. The van der Waals surface area contributed by atoms with Crippen LogP contribution in [0.25, 0.3) is 11.0 Å². The highest BCUT2D eigenvalue weighted by Gasteiger charge is 2.07. The Morgan fingerprint density at radius 3 is 2.85 bits per heavy atom. The Balaban J connectivity index is 1.61. The Morgan fingerprint density at radius 2 is 2.00 bits per heavy atom. The van der Waals surface area contributed by atoms with Crippen molar-refractivity contribution in [3.05, 3.63) is 47.4 Å². The van der Waals surface area contributed by atoms with Crippen LogP contribution in [0.2, 0.25) is 5.28 Å². The molecule has 0 aliphatic heterocycles. The van der Waals surface area contributed by atoms with Gasteiger partial charge >= 0.3 is 0 Å². The smallest absolute Gasteiger partial charge is 0.226 e. The summed E-state index contributed by atoms with van der Waals surface area (Å²) in [5.74, 6) is 0.724. The maximum atomic E-state index is 5.88. The van der Waals surface area contributed by atoms with Gasteiger partial charge in [-0.2, -0.15) is 15.1 Å². The van der Waals surface area contributed by atoms with Crippen molar-refractivity contribution in [3.63, 3.8) is 0 Å². The van der Waals surface area contributed by atoms with Gasteiger partial charge in [-0.25, -0.2) is 0 Å². The van der Waals surface area contributed by atoms with E-state index in [4.69, 9.17) is 11.6 Å². The number of H-pyrrole nitrogens is 1. The molecule has 0 bridgehead atoms. The Labute approximate surface area is 121 Å². The summed E-state index contributed by atoms with van der Waals surface area (Å²) >= 11 is 5.88. The maximum absolute atomic E-state index is 5.88. The first-order valence-electron chi connectivity index (χ1n) is 6.47. The first-order valence-corrected chi connectivity index (χ1v) is 6.85. The zero-order chi connectivity index (χ0) is 13.8. The monoisotopic (exact) mass is 287 g/mol. The summed E-state index contributed by atoms with van der Waals surface area (Å²) in [6.45, 7) is 0.822. The number of hydrogen-bond acceptors (Lipinski definition) is 4. The molecule has 2 heterocycles. The first kappa shape index (κ1) is 12.9. The number of aromatic nitrogens is 4. The maximum Gasteiger partial charge on any atom is 0.226 e. The summed E-state index contributed by atoms with van der Waals surface area (Å²) in [4.78, 5) is 8.27. The Bertz CT molecular complexity index is 695. The van der Waals surface area contributed by atoms with Crippen molar-refractivity contribution in [2.45, 2.75) is 12.8 Å². The molecule has 0 amide bonds. The minimum Gasteiger partial charge on any atom is -0.369 e. The van der Waals surface area contributed by atoms with E-state index in [9.17, 15) is 0 Å². The van der Waals surface area contributed by atoms with Gasteiger partial charge in [0.25, 0.3) is 0 Å². The van der Waals surface area contributed by atoms with Crippen LogP contribution in [0.5, 0.6) is 0 Å². The van der Waals surface area contributed by atoms with E-state index in [-0.39, 0.29) is 5.28 Å². The minimum atomic E-state index is 0.215. The number of anilines is 1. The van der Waals surface area contributed by atoms with E-state index in [0.717, 1.165) is 30.6 Å². The van der Waals surface area contributed by atoms with Gasteiger partial charge in [-0.15, -0.1) is 0 Å². The number of halogens is 1. The molecule has 0 radical (unpaired) electrons. The normalized spacial score (nSPS) is 10.8. The van der Waals surface area contributed by atoms with Crippen molar-refractivity contribution in [3.8, 4) is 0 Å². The lowest BCUT2D eigenvalue weighted by Gasteiger charge is -2.06. The third-order valence-corrected chi connectivity index (χ3v) is 3.23. The molecule has 5 nitrogen and oxygen atoms in total. The van der Waals surface area contributed by atoms with Crippen LogP contribution in [-0.4, -0.2) is 26.7 Å². The molecule has 2 aromatic heterocycles. The summed E-state index contributed by atoms with van der Waals surface area (Å²) in [5.41, 5.74) is 1.99. The number of nitrogens with zero attached hydrogens (tertiary/aromatic N) is 3. The van der Waals surface area contributed by atoms with Gasteiger partial charge < -0.3 is 5.32 Å². The van der Waals surface area contributed by atoms with Crippen molar-refractivity contribution in [2.75, 3.05) is 11.9 Å². The molecule has 0 saturated carbocycles. The minimum absolute atomic E-state index is 0.215. The van der Waals surface area contributed by atoms with Gasteiger partial charge in [0.05, 0.1) is 11.6 Å². The number of hydrogen-bond donors (Lipinski definition) is 2. The molecular formula is C14H14ClN5. The van der Waals surface area contributed by atoms with Crippen molar-refractivity contribution < 1.29 is 0 Å². The summed E-state index contributed by atoms with van der Waals surface area (Å²) < 4.78 is 0. The second-order valence-corrected chi connectivity index (χ2v) is 4.83. The van der Waals surface area contributed by atoms with Crippen molar-refractivity contribution in [1.82, 2.24) is 20.2 Å². The molecule has 1 aromatic carbocycles. The van der Waals surface area contributed by atoms with E-state index in [0.29, 0.717) is 5.65 Å². The summed E-state index contributed by atoms with van der Waals surface area (Å²) in [5, 5.41) is 11.1. The van der Waals surface area contributed by atoms with Crippen LogP contribution in [0.1, 0.15) is 12.0 Å². The lowest BCUT2D eigenvalue weighted by Crippen LogP contribution is -2.05. The molecule has 3 rings (SSSR count). The second kappa shape index (κ2) is 5.88. The van der Waals surface area contributed by atoms with Gasteiger partial charge in [0.1, 0.15) is 5.82 Å². The summed E-state index contributed by atoms with van der Waals surface area (Å²) in [6, 6.07) is 10.4.